The van der Waals surface area contributed by atoms with Gasteiger partial charge in [-0.25, -0.2) is 0 Å². The second-order valence-electron chi connectivity index (χ2n) is 12.5. The molecule has 216 valence electrons. The van der Waals surface area contributed by atoms with E-state index in [4.69, 9.17) is 9.84 Å². The molecule has 1 spiro atoms. The average molecular weight is 559 g/mol. The molecule has 0 aromatic heterocycles. The topological polar surface area (TPSA) is 127 Å². The quantitative estimate of drug-likeness (QED) is 0.130. The summed E-state index contributed by atoms with van der Waals surface area (Å²) in [7, 11) is 0. The Bertz CT molecular complexity index is 1480. The molecule has 4 aliphatic rings. The molecule has 3 aromatic rings. The molecule has 2 heterocycles. The Labute approximate surface area is 240 Å². The summed E-state index contributed by atoms with van der Waals surface area (Å²) in [6.45, 7) is 8.40. The molecule has 0 unspecified atom stereocenters. The standard InChI is InChI=1S/C20H26O4.C14H12O3/c1-10(2)11-8-12-13-9-14-19(3,4)6-5-7-20(14,18(23)24-13)15(12)17(22)16(11)21;15-12-5-3-10(4-6-12)1-2-11-7-13(16)9-14(17)8-11/h8,10,13-14,21-22H,5-7,9H2,1-4H3;1-9,15-17H/b;2-1+/t13-,14-,20+;/m0./s1. The van der Waals surface area contributed by atoms with E-state index in [0.717, 1.165) is 36.0 Å². The van der Waals surface area contributed by atoms with Crippen LogP contribution in [0.15, 0.2) is 48.5 Å². The van der Waals surface area contributed by atoms with Crippen LogP contribution in [0.25, 0.3) is 12.2 Å². The Morgan fingerprint density at radius 3 is 2.10 bits per heavy atom. The van der Waals surface area contributed by atoms with Crippen LogP contribution in [-0.4, -0.2) is 31.5 Å². The number of aromatic hydroxyl groups is 5. The zero-order valence-electron chi connectivity index (χ0n) is 23.9. The molecule has 0 radical (unpaired) electrons. The molecule has 2 bridgehead atoms. The van der Waals surface area contributed by atoms with Crippen LogP contribution in [-0.2, 0) is 14.9 Å². The second kappa shape index (κ2) is 10.4. The fraction of sp³-hybridized carbons (Fsp3) is 0.382. The van der Waals surface area contributed by atoms with E-state index in [9.17, 15) is 25.2 Å². The Morgan fingerprint density at radius 1 is 0.829 bits per heavy atom. The minimum atomic E-state index is -0.803. The normalized spacial score (nSPS) is 23.9. The molecule has 41 heavy (non-hydrogen) atoms. The molecule has 5 N–H and O–H groups in total. The predicted octanol–water partition coefficient (Wildman–Crippen LogP) is 7.26. The van der Waals surface area contributed by atoms with Crippen molar-refractivity contribution in [3.8, 4) is 28.7 Å². The van der Waals surface area contributed by atoms with E-state index in [-0.39, 0.29) is 58.1 Å². The van der Waals surface area contributed by atoms with Gasteiger partial charge in [-0.05, 0) is 78.0 Å². The van der Waals surface area contributed by atoms with Crippen LogP contribution < -0.4 is 0 Å². The van der Waals surface area contributed by atoms with Crippen LogP contribution in [0.5, 0.6) is 28.7 Å². The molecule has 2 aliphatic heterocycles. The number of carbonyl (C=O) groups is 1. The zero-order chi connectivity index (χ0) is 29.7. The molecule has 2 fully saturated rings. The first-order valence-electron chi connectivity index (χ1n) is 14.1. The highest BCUT2D eigenvalue weighted by atomic mass is 16.5. The summed E-state index contributed by atoms with van der Waals surface area (Å²) in [6, 6.07) is 13.1. The fourth-order valence-electron chi connectivity index (χ4n) is 7.05. The van der Waals surface area contributed by atoms with Crippen LogP contribution in [0.1, 0.15) is 93.2 Å². The first-order valence-corrected chi connectivity index (χ1v) is 14.1. The van der Waals surface area contributed by atoms with E-state index in [0.29, 0.717) is 17.5 Å². The lowest BCUT2D eigenvalue weighted by Crippen LogP contribution is -2.59. The lowest BCUT2D eigenvalue weighted by Gasteiger charge is -2.58. The highest BCUT2D eigenvalue weighted by Crippen LogP contribution is 2.66. The minimum Gasteiger partial charge on any atom is -0.508 e. The van der Waals surface area contributed by atoms with Gasteiger partial charge in [0, 0.05) is 22.8 Å². The molecule has 7 nitrogen and oxygen atoms in total. The summed E-state index contributed by atoms with van der Waals surface area (Å²) < 4.78 is 5.76. The summed E-state index contributed by atoms with van der Waals surface area (Å²) in [5.74, 6) is 0.126. The first-order chi connectivity index (χ1) is 19.3. The summed E-state index contributed by atoms with van der Waals surface area (Å²) in [6.07, 6.45) is 6.79. The van der Waals surface area contributed by atoms with Crippen LogP contribution >= 0.6 is 0 Å². The maximum absolute atomic E-state index is 12.9. The van der Waals surface area contributed by atoms with Crippen molar-refractivity contribution in [2.75, 3.05) is 0 Å². The molecule has 1 saturated heterocycles. The van der Waals surface area contributed by atoms with Gasteiger partial charge in [0.2, 0.25) is 0 Å². The smallest absolute Gasteiger partial charge is 0.317 e. The molecule has 3 aromatic carbocycles. The summed E-state index contributed by atoms with van der Waals surface area (Å²) >= 11 is 0. The van der Waals surface area contributed by atoms with Crippen molar-refractivity contribution in [1.29, 1.82) is 0 Å². The maximum Gasteiger partial charge on any atom is 0.317 e. The van der Waals surface area contributed by atoms with Gasteiger partial charge in [-0.15, -0.1) is 0 Å². The molecular weight excluding hydrogens is 520 g/mol. The van der Waals surface area contributed by atoms with Crippen molar-refractivity contribution < 1.29 is 35.1 Å². The van der Waals surface area contributed by atoms with E-state index >= 15 is 0 Å². The fourth-order valence-corrected chi connectivity index (χ4v) is 7.05. The van der Waals surface area contributed by atoms with Crippen molar-refractivity contribution in [2.45, 2.75) is 70.8 Å². The van der Waals surface area contributed by atoms with E-state index < -0.39 is 5.41 Å². The number of esters is 1. The minimum absolute atomic E-state index is 0.0202. The molecule has 1 saturated carbocycles. The summed E-state index contributed by atoms with van der Waals surface area (Å²) in [5.41, 5.74) is 3.12. The third-order valence-corrected chi connectivity index (χ3v) is 9.03. The number of hydrogen-bond acceptors (Lipinski definition) is 7. The number of hydrogen-bond donors (Lipinski definition) is 5. The monoisotopic (exact) mass is 558 g/mol. The van der Waals surface area contributed by atoms with Gasteiger partial charge in [0.25, 0.3) is 0 Å². The Morgan fingerprint density at radius 2 is 1.46 bits per heavy atom. The van der Waals surface area contributed by atoms with Crippen LogP contribution in [0.3, 0.4) is 0 Å². The van der Waals surface area contributed by atoms with Crippen molar-refractivity contribution in [3.05, 3.63) is 76.3 Å². The van der Waals surface area contributed by atoms with Crippen LogP contribution in [0.2, 0.25) is 0 Å². The van der Waals surface area contributed by atoms with Gasteiger partial charge in [-0.2, -0.15) is 0 Å². The Balaban J connectivity index is 0.000000175. The van der Waals surface area contributed by atoms with E-state index in [1.54, 1.807) is 42.5 Å². The van der Waals surface area contributed by atoms with E-state index in [1.165, 1.54) is 6.07 Å². The van der Waals surface area contributed by atoms with Gasteiger partial charge < -0.3 is 30.3 Å². The summed E-state index contributed by atoms with van der Waals surface area (Å²) in [5, 5.41) is 49.1. The van der Waals surface area contributed by atoms with Crippen molar-refractivity contribution >= 4 is 18.1 Å². The third-order valence-electron chi connectivity index (χ3n) is 9.03. The lowest BCUT2D eigenvalue weighted by molar-refractivity contribution is -0.185. The van der Waals surface area contributed by atoms with Gasteiger partial charge >= 0.3 is 5.97 Å². The first kappa shape index (κ1) is 28.4. The molecule has 2 aliphatic carbocycles. The molecular formula is C34H38O7. The SMILES string of the molecule is CC(C)c1cc2c(c(O)c1O)[C@@]13CCCC(C)(C)[C@@H]1C[C@@H]2OC3=O.Oc1ccc(/C=C/c2cc(O)cc(O)c2)cc1. The lowest BCUT2D eigenvalue weighted by atomic mass is 9.47. The van der Waals surface area contributed by atoms with Gasteiger partial charge in [0.15, 0.2) is 11.5 Å². The van der Waals surface area contributed by atoms with Crippen LogP contribution in [0, 0.1) is 11.3 Å². The second-order valence-corrected chi connectivity index (χ2v) is 12.5. The number of phenols is 5. The van der Waals surface area contributed by atoms with Gasteiger partial charge in [-0.3, -0.25) is 4.79 Å². The van der Waals surface area contributed by atoms with Gasteiger partial charge in [-0.1, -0.05) is 58.4 Å². The molecule has 3 atom stereocenters. The number of ether oxygens (including phenoxy) is 1. The Hall–Kier alpha value is -4.13. The molecule has 7 rings (SSSR count). The zero-order valence-corrected chi connectivity index (χ0v) is 23.9. The molecule has 0 amide bonds. The van der Waals surface area contributed by atoms with Crippen molar-refractivity contribution in [2.24, 2.45) is 11.3 Å². The number of benzene rings is 3. The maximum atomic E-state index is 12.9. The van der Waals surface area contributed by atoms with E-state index in [1.807, 2.05) is 26.0 Å². The predicted molar refractivity (Wildman–Crippen MR) is 157 cm³/mol. The largest absolute Gasteiger partial charge is 0.508 e. The third kappa shape index (κ3) is 4.98. The van der Waals surface area contributed by atoms with Gasteiger partial charge in [0.1, 0.15) is 28.8 Å². The molecule has 7 heteroatoms. The van der Waals surface area contributed by atoms with Crippen molar-refractivity contribution in [1.82, 2.24) is 0 Å². The number of fused-ring (bicyclic) bond motifs is 1. The number of carbonyl (C=O) groups excluding carboxylic acids is 1. The van der Waals surface area contributed by atoms with Gasteiger partial charge in [0.05, 0.1) is 0 Å². The highest BCUT2D eigenvalue weighted by Gasteiger charge is 2.65. The average Bonchev–Trinajstić information content (AvgIpc) is 2.90. The van der Waals surface area contributed by atoms with Crippen LogP contribution in [0.4, 0.5) is 0 Å². The summed E-state index contributed by atoms with van der Waals surface area (Å²) in [4.78, 5) is 12.9. The van der Waals surface area contributed by atoms with Crippen molar-refractivity contribution in [3.63, 3.8) is 0 Å². The highest BCUT2D eigenvalue weighted by molar-refractivity contribution is 5.89. The number of rotatable bonds is 3. The Kier molecular flexibility index (Phi) is 7.18. The number of phenolic OH excluding ortho intramolecular Hbond substituents is 5. The van der Waals surface area contributed by atoms with E-state index in [2.05, 4.69) is 13.8 Å².